The van der Waals surface area contributed by atoms with Gasteiger partial charge in [0.2, 0.25) is 0 Å². The Balaban J connectivity index is 2.39. The van der Waals surface area contributed by atoms with E-state index in [2.05, 4.69) is 11.8 Å². The molecule has 0 saturated carbocycles. The van der Waals surface area contributed by atoms with Gasteiger partial charge in [0.15, 0.2) is 0 Å². The summed E-state index contributed by atoms with van der Waals surface area (Å²) in [6.07, 6.45) is 6.70. The number of hydrogen-bond acceptors (Lipinski definition) is 1. The van der Waals surface area contributed by atoms with Crippen molar-refractivity contribution in [3.05, 3.63) is 0 Å². The molecule has 0 radical (unpaired) electrons. The van der Waals surface area contributed by atoms with Crippen LogP contribution in [0.1, 0.15) is 39.0 Å². The second kappa shape index (κ2) is 5.82. The van der Waals surface area contributed by atoms with Gasteiger partial charge in [-0.1, -0.05) is 19.8 Å². The van der Waals surface area contributed by atoms with E-state index >= 15 is 0 Å². The van der Waals surface area contributed by atoms with Crippen molar-refractivity contribution in [3.63, 3.8) is 0 Å². The molecule has 12 heavy (non-hydrogen) atoms. The van der Waals surface area contributed by atoms with Gasteiger partial charge in [0.05, 0.1) is 0 Å². The van der Waals surface area contributed by atoms with Crippen LogP contribution in [0.5, 0.6) is 0 Å². The van der Waals surface area contributed by atoms with Gasteiger partial charge in [-0.25, -0.2) is 0 Å². The van der Waals surface area contributed by atoms with E-state index in [0.717, 1.165) is 5.88 Å². The van der Waals surface area contributed by atoms with Gasteiger partial charge in [-0.05, 0) is 32.4 Å². The summed E-state index contributed by atoms with van der Waals surface area (Å²) >= 11 is 5.94. The maximum atomic E-state index is 5.94. The van der Waals surface area contributed by atoms with Crippen LogP contribution in [0.15, 0.2) is 0 Å². The van der Waals surface area contributed by atoms with Crippen molar-refractivity contribution in [2.24, 2.45) is 0 Å². The molecule has 0 aromatic rings. The fourth-order valence-electron chi connectivity index (χ4n) is 1.99. The predicted octanol–water partition coefficient (Wildman–Crippen LogP) is 2.88. The number of hydrogen-bond donors (Lipinski definition) is 0. The molecule has 0 aromatic carbocycles. The lowest BCUT2D eigenvalue weighted by Crippen LogP contribution is -2.36. The first kappa shape index (κ1) is 10.3. The summed E-state index contributed by atoms with van der Waals surface area (Å²) in [5, 5.41) is 0. The van der Waals surface area contributed by atoms with Crippen molar-refractivity contribution in [2.75, 3.05) is 19.0 Å². The van der Waals surface area contributed by atoms with Crippen molar-refractivity contribution < 1.29 is 0 Å². The molecular formula is C10H20ClN. The number of likely N-dealkylation sites (tertiary alicyclic amines) is 1. The Morgan fingerprint density at radius 2 is 2.17 bits per heavy atom. The Morgan fingerprint density at radius 3 is 2.83 bits per heavy atom. The van der Waals surface area contributed by atoms with Crippen molar-refractivity contribution in [1.82, 2.24) is 4.90 Å². The molecule has 1 unspecified atom stereocenters. The van der Waals surface area contributed by atoms with Crippen LogP contribution in [-0.4, -0.2) is 29.9 Å². The molecule has 1 aliphatic rings. The van der Waals surface area contributed by atoms with Crippen molar-refractivity contribution in [3.8, 4) is 0 Å². The molecule has 0 aliphatic carbocycles. The summed E-state index contributed by atoms with van der Waals surface area (Å²) < 4.78 is 0. The predicted molar refractivity (Wildman–Crippen MR) is 54.8 cm³/mol. The van der Waals surface area contributed by atoms with Crippen molar-refractivity contribution in [1.29, 1.82) is 0 Å². The highest BCUT2D eigenvalue weighted by molar-refractivity contribution is 6.18. The van der Waals surface area contributed by atoms with E-state index in [1.807, 2.05) is 0 Å². The molecule has 1 saturated heterocycles. The molecular weight excluding hydrogens is 170 g/mol. The van der Waals surface area contributed by atoms with Crippen LogP contribution < -0.4 is 0 Å². The molecule has 72 valence electrons. The Bertz CT molecular complexity index is 116. The minimum atomic E-state index is 0.661. The summed E-state index contributed by atoms with van der Waals surface area (Å²) in [4.78, 5) is 2.57. The third-order valence-corrected chi connectivity index (χ3v) is 3.04. The summed E-state index contributed by atoms with van der Waals surface area (Å²) in [6.45, 7) is 4.75. The van der Waals surface area contributed by atoms with Gasteiger partial charge in [-0.15, -0.1) is 11.6 Å². The quantitative estimate of drug-likeness (QED) is 0.618. The van der Waals surface area contributed by atoms with Crippen molar-refractivity contribution >= 4 is 11.6 Å². The van der Waals surface area contributed by atoms with E-state index in [-0.39, 0.29) is 0 Å². The smallest absolute Gasteiger partial charge is 0.0379 e. The lowest BCUT2D eigenvalue weighted by molar-refractivity contribution is 0.216. The fraction of sp³-hybridized carbons (Fsp3) is 1.00. The SMILES string of the molecule is CCCN1CCCCCC1CCl. The standard InChI is InChI=1S/C10H20ClN/c1-2-7-12-8-5-3-4-6-10(12)9-11/h10H,2-9H2,1H3. The first-order chi connectivity index (χ1) is 5.88. The van der Waals surface area contributed by atoms with Gasteiger partial charge in [-0.3, -0.25) is 4.90 Å². The number of halogens is 1. The zero-order valence-electron chi connectivity index (χ0n) is 8.06. The third-order valence-electron chi connectivity index (χ3n) is 2.69. The van der Waals surface area contributed by atoms with Crippen LogP contribution in [0.3, 0.4) is 0 Å². The second-order valence-corrected chi connectivity index (χ2v) is 4.00. The molecule has 0 N–H and O–H groups in total. The highest BCUT2D eigenvalue weighted by atomic mass is 35.5. The van der Waals surface area contributed by atoms with E-state index in [0.29, 0.717) is 6.04 Å². The average molecular weight is 190 g/mol. The minimum absolute atomic E-state index is 0.661. The van der Waals surface area contributed by atoms with E-state index in [1.165, 1.54) is 45.2 Å². The van der Waals surface area contributed by atoms with Crippen LogP contribution in [-0.2, 0) is 0 Å². The molecule has 1 aliphatic heterocycles. The molecule has 1 rings (SSSR count). The normalized spacial score (nSPS) is 27.0. The summed E-state index contributed by atoms with van der Waals surface area (Å²) in [5.41, 5.74) is 0. The molecule has 0 aromatic heterocycles. The summed E-state index contributed by atoms with van der Waals surface area (Å²) in [6, 6.07) is 0.661. The first-order valence-corrected chi connectivity index (χ1v) is 5.72. The molecule has 1 atom stereocenters. The Hall–Kier alpha value is 0.250. The van der Waals surface area contributed by atoms with Gasteiger partial charge in [0.25, 0.3) is 0 Å². The number of rotatable bonds is 3. The lowest BCUT2D eigenvalue weighted by Gasteiger charge is -2.27. The Kier molecular flexibility index (Phi) is 5.01. The third kappa shape index (κ3) is 2.95. The minimum Gasteiger partial charge on any atom is -0.299 e. The van der Waals surface area contributed by atoms with Crippen LogP contribution >= 0.6 is 11.6 Å². The van der Waals surface area contributed by atoms with Crippen LogP contribution in [0.4, 0.5) is 0 Å². The monoisotopic (exact) mass is 189 g/mol. The summed E-state index contributed by atoms with van der Waals surface area (Å²) in [7, 11) is 0. The van der Waals surface area contributed by atoms with Gasteiger partial charge in [-0.2, -0.15) is 0 Å². The maximum Gasteiger partial charge on any atom is 0.0379 e. The lowest BCUT2D eigenvalue weighted by atomic mass is 10.1. The van der Waals surface area contributed by atoms with Crippen LogP contribution in [0.25, 0.3) is 0 Å². The van der Waals surface area contributed by atoms with Gasteiger partial charge in [0, 0.05) is 11.9 Å². The highest BCUT2D eigenvalue weighted by Gasteiger charge is 2.18. The number of alkyl halides is 1. The zero-order valence-corrected chi connectivity index (χ0v) is 8.82. The molecule has 0 spiro atoms. The molecule has 1 heterocycles. The first-order valence-electron chi connectivity index (χ1n) is 5.18. The van der Waals surface area contributed by atoms with Crippen LogP contribution in [0, 0.1) is 0 Å². The highest BCUT2D eigenvalue weighted by Crippen LogP contribution is 2.17. The zero-order chi connectivity index (χ0) is 8.81. The largest absolute Gasteiger partial charge is 0.299 e. The van der Waals surface area contributed by atoms with Crippen LogP contribution in [0.2, 0.25) is 0 Å². The van der Waals surface area contributed by atoms with Crippen molar-refractivity contribution in [2.45, 2.75) is 45.1 Å². The number of nitrogens with zero attached hydrogens (tertiary/aromatic N) is 1. The van der Waals surface area contributed by atoms with E-state index in [9.17, 15) is 0 Å². The van der Waals surface area contributed by atoms with E-state index < -0.39 is 0 Å². The van der Waals surface area contributed by atoms with E-state index in [1.54, 1.807) is 0 Å². The van der Waals surface area contributed by atoms with Gasteiger partial charge < -0.3 is 0 Å². The maximum absolute atomic E-state index is 5.94. The molecule has 2 heteroatoms. The van der Waals surface area contributed by atoms with Gasteiger partial charge in [0.1, 0.15) is 0 Å². The molecule has 0 amide bonds. The van der Waals surface area contributed by atoms with Gasteiger partial charge >= 0.3 is 0 Å². The fourth-order valence-corrected chi connectivity index (χ4v) is 2.34. The average Bonchev–Trinajstić information content (AvgIpc) is 2.30. The second-order valence-electron chi connectivity index (χ2n) is 3.69. The van der Waals surface area contributed by atoms with E-state index in [4.69, 9.17) is 11.6 Å². The topological polar surface area (TPSA) is 3.24 Å². The molecule has 1 fully saturated rings. The molecule has 1 nitrogen and oxygen atoms in total. The Morgan fingerprint density at radius 1 is 1.33 bits per heavy atom. The summed E-state index contributed by atoms with van der Waals surface area (Å²) in [5.74, 6) is 0.819. The molecule has 0 bridgehead atoms. The Labute approximate surface area is 81.1 Å².